The Morgan fingerprint density at radius 3 is 2.56 bits per heavy atom. The third-order valence-corrected chi connectivity index (χ3v) is 5.36. The smallest absolute Gasteiger partial charge is 0.164 e. The van der Waals surface area contributed by atoms with Crippen LogP contribution in [-0.2, 0) is 6.54 Å². The van der Waals surface area contributed by atoms with Crippen LogP contribution in [0.4, 0.5) is 5.82 Å². The van der Waals surface area contributed by atoms with Crippen molar-refractivity contribution in [2.45, 2.75) is 52.6 Å². The van der Waals surface area contributed by atoms with Gasteiger partial charge in [0.2, 0.25) is 0 Å². The van der Waals surface area contributed by atoms with Gasteiger partial charge in [-0.05, 0) is 24.2 Å². The molecule has 7 heteroatoms. The molecule has 3 radical (unpaired) electrons. The number of nitrogens with two attached hydrogens (primary N) is 1. The van der Waals surface area contributed by atoms with Crippen LogP contribution in [0.15, 0.2) is 46.6 Å². The Balaban J connectivity index is 0.000000686. The Kier molecular flexibility index (Phi) is 9.36. The van der Waals surface area contributed by atoms with E-state index in [4.69, 9.17) is 5.73 Å². The number of anilines is 1. The molecule has 4 rings (SSSR count). The molecule has 0 bridgehead atoms. The van der Waals surface area contributed by atoms with Crippen molar-refractivity contribution in [3.05, 3.63) is 41.6 Å². The highest BCUT2D eigenvalue weighted by Gasteiger charge is 2.29. The molecule has 0 amide bonds. The second kappa shape index (κ2) is 11.0. The van der Waals surface area contributed by atoms with E-state index in [0.29, 0.717) is 17.7 Å². The minimum Gasteiger partial charge on any atom is -0.383 e. The van der Waals surface area contributed by atoms with Crippen molar-refractivity contribution in [3.63, 3.8) is 0 Å². The fourth-order valence-corrected chi connectivity index (χ4v) is 4.31. The van der Waals surface area contributed by atoms with Crippen molar-refractivity contribution in [3.8, 4) is 0 Å². The molecule has 0 saturated heterocycles. The number of rotatable bonds is 3. The Bertz CT molecular complexity index is 825. The average molecular weight is 382 g/mol. The molecule has 2 heterocycles. The SMILES string of the molecule is CC.CC.CCn1nc(SC2=CCC3C=CC=CC23)c2c(N)ncnc21.[B]. The molecule has 27 heavy (non-hydrogen) atoms. The molecular weight excluding hydrogens is 353 g/mol. The van der Waals surface area contributed by atoms with E-state index in [9.17, 15) is 0 Å². The second-order valence-electron chi connectivity index (χ2n) is 5.48. The molecule has 2 aliphatic carbocycles. The maximum Gasteiger partial charge on any atom is 0.164 e. The van der Waals surface area contributed by atoms with E-state index in [1.807, 2.05) is 32.4 Å². The molecule has 0 fully saturated rings. The summed E-state index contributed by atoms with van der Waals surface area (Å²) in [5.74, 6) is 1.55. The molecule has 143 valence electrons. The van der Waals surface area contributed by atoms with Crippen LogP contribution in [0.2, 0.25) is 0 Å². The maximum atomic E-state index is 6.07. The number of fused-ring (bicyclic) bond motifs is 2. The van der Waals surface area contributed by atoms with E-state index in [-0.39, 0.29) is 8.41 Å². The first-order valence-electron chi connectivity index (χ1n) is 9.47. The molecule has 2 unspecified atom stereocenters. The first-order valence-corrected chi connectivity index (χ1v) is 10.3. The van der Waals surface area contributed by atoms with Gasteiger partial charge in [0, 0.05) is 20.9 Å². The topological polar surface area (TPSA) is 69.6 Å². The van der Waals surface area contributed by atoms with Gasteiger partial charge in [-0.1, -0.05) is 69.8 Å². The maximum absolute atomic E-state index is 6.07. The van der Waals surface area contributed by atoms with Gasteiger partial charge in [-0.15, -0.1) is 0 Å². The summed E-state index contributed by atoms with van der Waals surface area (Å²) in [5, 5.41) is 6.46. The molecule has 2 aromatic rings. The van der Waals surface area contributed by atoms with Gasteiger partial charge in [0.05, 0.1) is 5.39 Å². The first-order chi connectivity index (χ1) is 12.8. The number of hydrogen-bond acceptors (Lipinski definition) is 5. The zero-order valence-electron chi connectivity index (χ0n) is 16.9. The van der Waals surface area contributed by atoms with Crippen LogP contribution >= 0.6 is 11.8 Å². The summed E-state index contributed by atoms with van der Waals surface area (Å²) >= 11 is 1.70. The minimum atomic E-state index is 0. The Hall–Kier alpha value is -2.02. The van der Waals surface area contributed by atoms with Gasteiger partial charge in [0.25, 0.3) is 0 Å². The number of aromatic nitrogens is 4. The number of hydrogen-bond donors (Lipinski definition) is 1. The largest absolute Gasteiger partial charge is 0.383 e. The highest BCUT2D eigenvalue weighted by atomic mass is 32.2. The molecule has 2 aromatic heterocycles. The van der Waals surface area contributed by atoms with Crippen LogP contribution in [0.5, 0.6) is 0 Å². The zero-order valence-corrected chi connectivity index (χ0v) is 17.7. The fourth-order valence-electron chi connectivity index (χ4n) is 3.08. The summed E-state index contributed by atoms with van der Waals surface area (Å²) in [6, 6.07) is 0. The monoisotopic (exact) mass is 382 g/mol. The first kappa shape index (κ1) is 23.0. The van der Waals surface area contributed by atoms with E-state index in [1.165, 1.54) is 11.2 Å². The summed E-state index contributed by atoms with van der Waals surface area (Å²) in [6.07, 6.45) is 13.7. The van der Waals surface area contributed by atoms with Crippen molar-refractivity contribution in [1.29, 1.82) is 0 Å². The lowest BCUT2D eigenvalue weighted by atomic mass is 9.91. The Labute approximate surface area is 168 Å². The molecule has 2 atom stereocenters. The predicted octanol–water partition coefficient (Wildman–Crippen LogP) is 4.84. The summed E-state index contributed by atoms with van der Waals surface area (Å²) < 4.78 is 1.89. The van der Waals surface area contributed by atoms with E-state index in [0.717, 1.165) is 29.0 Å². The van der Waals surface area contributed by atoms with Crippen molar-refractivity contribution in [1.82, 2.24) is 19.7 Å². The van der Waals surface area contributed by atoms with Crippen LogP contribution in [0.3, 0.4) is 0 Å². The Morgan fingerprint density at radius 1 is 1.15 bits per heavy atom. The van der Waals surface area contributed by atoms with Gasteiger partial charge < -0.3 is 5.73 Å². The number of allylic oxidation sites excluding steroid dienone is 6. The van der Waals surface area contributed by atoms with Crippen LogP contribution in [0, 0.1) is 11.8 Å². The number of nitrogens with zero attached hydrogens (tertiary/aromatic N) is 4. The third kappa shape index (κ3) is 4.64. The third-order valence-electron chi connectivity index (χ3n) is 4.21. The molecule has 5 nitrogen and oxygen atoms in total. The predicted molar refractivity (Wildman–Crippen MR) is 118 cm³/mol. The highest BCUT2D eigenvalue weighted by Crippen LogP contribution is 2.45. The van der Waals surface area contributed by atoms with Gasteiger partial charge in [-0.3, -0.25) is 0 Å². The average Bonchev–Trinajstić information content (AvgIpc) is 3.28. The van der Waals surface area contributed by atoms with E-state index in [2.05, 4.69) is 52.4 Å². The summed E-state index contributed by atoms with van der Waals surface area (Å²) in [5.41, 5.74) is 6.88. The van der Waals surface area contributed by atoms with Gasteiger partial charge in [-0.2, -0.15) is 5.10 Å². The molecule has 0 saturated carbocycles. The van der Waals surface area contributed by atoms with Gasteiger partial charge in [0.15, 0.2) is 5.65 Å². The van der Waals surface area contributed by atoms with Crippen LogP contribution in [-0.4, -0.2) is 28.2 Å². The molecule has 0 spiro atoms. The molecule has 0 aromatic carbocycles. The van der Waals surface area contributed by atoms with Gasteiger partial charge in [-0.25, -0.2) is 14.6 Å². The fraction of sp³-hybridized carbons (Fsp3) is 0.450. The number of aryl methyl sites for hydroxylation is 1. The van der Waals surface area contributed by atoms with Crippen molar-refractivity contribution < 1.29 is 0 Å². The summed E-state index contributed by atoms with van der Waals surface area (Å²) in [7, 11) is 0. The summed E-state index contributed by atoms with van der Waals surface area (Å²) in [6.45, 7) is 10.8. The molecule has 2 aliphatic rings. The van der Waals surface area contributed by atoms with Crippen LogP contribution in [0.25, 0.3) is 11.0 Å². The van der Waals surface area contributed by atoms with E-state index < -0.39 is 0 Å². The highest BCUT2D eigenvalue weighted by molar-refractivity contribution is 8.03. The minimum absolute atomic E-state index is 0. The van der Waals surface area contributed by atoms with E-state index >= 15 is 0 Å². The summed E-state index contributed by atoms with van der Waals surface area (Å²) in [4.78, 5) is 9.81. The van der Waals surface area contributed by atoms with Crippen molar-refractivity contribution >= 4 is 37.0 Å². The lowest BCUT2D eigenvalue weighted by Gasteiger charge is -2.18. The quantitative estimate of drug-likeness (QED) is 0.770. The molecule has 2 N–H and O–H groups in total. The second-order valence-corrected chi connectivity index (χ2v) is 6.54. The Morgan fingerprint density at radius 2 is 1.85 bits per heavy atom. The van der Waals surface area contributed by atoms with Gasteiger partial charge >= 0.3 is 0 Å². The lowest BCUT2D eigenvalue weighted by Crippen LogP contribution is -2.07. The zero-order chi connectivity index (χ0) is 19.1. The van der Waals surface area contributed by atoms with Crippen molar-refractivity contribution in [2.24, 2.45) is 11.8 Å². The van der Waals surface area contributed by atoms with E-state index in [1.54, 1.807) is 11.8 Å². The normalized spacial score (nSPS) is 19.2. The lowest BCUT2D eigenvalue weighted by molar-refractivity contribution is 0.591. The number of thioether (sulfide) groups is 1. The van der Waals surface area contributed by atoms with Crippen molar-refractivity contribution in [2.75, 3.05) is 5.73 Å². The van der Waals surface area contributed by atoms with Crippen LogP contribution < -0.4 is 5.73 Å². The number of nitrogen functional groups attached to an aromatic ring is 1. The standard InChI is InChI=1S/C16H17N5S.2C2H6.B/c1-2-21-15-13(14(17)18-9-19-15)16(20-21)22-12-8-7-10-5-3-4-6-11(10)12;2*1-2;/h3-6,8-11H,2,7H2,1H3,(H2,17,18,19);2*1-2H3;. The van der Waals surface area contributed by atoms with Gasteiger partial charge in [0.1, 0.15) is 17.2 Å². The molecule has 0 aliphatic heterocycles. The van der Waals surface area contributed by atoms with Crippen LogP contribution in [0.1, 0.15) is 41.0 Å². The molecular formula is C20H29BN5S.